The smallest absolute Gasteiger partial charge is 0.328 e. The van der Waals surface area contributed by atoms with E-state index in [2.05, 4.69) is 35.6 Å². The SMILES string of the molecule is COc1ccccc1OCCOCCOCCNC1CCC(c2ccccc2)CC1.O=C(O)/C=C\C(=O)O. The van der Waals surface area contributed by atoms with E-state index in [1.165, 1.54) is 31.2 Å². The van der Waals surface area contributed by atoms with Gasteiger partial charge in [0.05, 0.1) is 33.5 Å². The van der Waals surface area contributed by atoms with Crippen LogP contribution in [0.3, 0.4) is 0 Å². The van der Waals surface area contributed by atoms with Crippen LogP contribution >= 0.6 is 0 Å². The number of para-hydroxylation sites is 2. The molecule has 0 spiro atoms. The zero-order valence-electron chi connectivity index (χ0n) is 21.9. The van der Waals surface area contributed by atoms with E-state index in [9.17, 15) is 9.59 Å². The van der Waals surface area contributed by atoms with Crippen molar-refractivity contribution in [3.8, 4) is 11.5 Å². The van der Waals surface area contributed by atoms with Gasteiger partial charge in [0.15, 0.2) is 11.5 Å². The van der Waals surface area contributed by atoms with Gasteiger partial charge in [-0.05, 0) is 49.3 Å². The van der Waals surface area contributed by atoms with Crippen molar-refractivity contribution in [2.75, 3.05) is 46.7 Å². The first-order chi connectivity index (χ1) is 18.5. The van der Waals surface area contributed by atoms with Crippen molar-refractivity contribution in [3.05, 3.63) is 72.3 Å². The van der Waals surface area contributed by atoms with E-state index in [0.717, 1.165) is 30.6 Å². The molecule has 0 radical (unpaired) electrons. The molecule has 2 aromatic carbocycles. The first kappa shape index (κ1) is 30.8. The van der Waals surface area contributed by atoms with Gasteiger partial charge < -0.3 is 34.5 Å². The maximum atomic E-state index is 9.55. The van der Waals surface area contributed by atoms with E-state index in [1.54, 1.807) is 7.11 Å². The molecule has 3 rings (SSSR count). The molecule has 0 atom stereocenters. The Morgan fingerprint density at radius 1 is 0.789 bits per heavy atom. The minimum Gasteiger partial charge on any atom is -0.493 e. The molecule has 0 aromatic heterocycles. The number of carbonyl (C=O) groups is 2. The number of methoxy groups -OCH3 is 1. The quantitative estimate of drug-likeness (QED) is 0.231. The average Bonchev–Trinajstić information content (AvgIpc) is 2.94. The highest BCUT2D eigenvalue weighted by Crippen LogP contribution is 2.32. The predicted molar refractivity (Wildman–Crippen MR) is 144 cm³/mol. The molecule has 208 valence electrons. The van der Waals surface area contributed by atoms with Gasteiger partial charge in [0, 0.05) is 24.7 Å². The Hall–Kier alpha value is -3.40. The van der Waals surface area contributed by atoms with Gasteiger partial charge in [0.25, 0.3) is 0 Å². The molecule has 0 aliphatic heterocycles. The van der Waals surface area contributed by atoms with Gasteiger partial charge in [0.1, 0.15) is 6.61 Å². The topological polar surface area (TPSA) is 124 Å². The lowest BCUT2D eigenvalue weighted by Gasteiger charge is -2.29. The maximum absolute atomic E-state index is 9.55. The van der Waals surface area contributed by atoms with E-state index in [4.69, 9.17) is 29.2 Å². The van der Waals surface area contributed by atoms with Crippen LogP contribution < -0.4 is 14.8 Å². The molecule has 2 aromatic rings. The molecular formula is C29H39NO8. The highest BCUT2D eigenvalue weighted by Gasteiger charge is 2.21. The number of benzene rings is 2. The van der Waals surface area contributed by atoms with Gasteiger partial charge in [-0.3, -0.25) is 0 Å². The van der Waals surface area contributed by atoms with Crippen molar-refractivity contribution in [1.82, 2.24) is 5.32 Å². The fraction of sp³-hybridized carbons (Fsp3) is 0.448. The largest absolute Gasteiger partial charge is 0.493 e. The fourth-order valence-electron chi connectivity index (χ4n) is 4.10. The molecule has 3 N–H and O–H groups in total. The van der Waals surface area contributed by atoms with Crippen LogP contribution in [0.4, 0.5) is 0 Å². The average molecular weight is 530 g/mol. The minimum atomic E-state index is -1.26. The van der Waals surface area contributed by atoms with Crippen LogP contribution in [0.1, 0.15) is 37.2 Å². The van der Waals surface area contributed by atoms with Crippen LogP contribution in [0.2, 0.25) is 0 Å². The van der Waals surface area contributed by atoms with E-state index in [1.807, 2.05) is 24.3 Å². The summed E-state index contributed by atoms with van der Waals surface area (Å²) in [5.41, 5.74) is 1.49. The lowest BCUT2D eigenvalue weighted by atomic mass is 9.82. The highest BCUT2D eigenvalue weighted by molar-refractivity contribution is 5.89. The van der Waals surface area contributed by atoms with Crippen LogP contribution in [-0.4, -0.2) is 74.9 Å². The molecule has 0 unspecified atom stereocenters. The Labute approximate surface area is 224 Å². The van der Waals surface area contributed by atoms with Crippen molar-refractivity contribution in [2.24, 2.45) is 0 Å². The standard InChI is InChI=1S/C25H35NO4.C4H4O4/c1-27-24-9-5-6-10-25(24)30-20-19-29-18-17-28-16-15-26-23-13-11-22(12-14-23)21-7-3-2-4-8-21;5-3(6)1-2-4(7)8/h2-10,22-23,26H,11-20H2,1H3;1-2H,(H,5,6)(H,7,8)/b;2-1-. The monoisotopic (exact) mass is 529 g/mol. The summed E-state index contributed by atoms with van der Waals surface area (Å²) >= 11 is 0. The van der Waals surface area contributed by atoms with E-state index in [0.29, 0.717) is 44.6 Å². The second-order valence-corrected chi connectivity index (χ2v) is 8.65. The van der Waals surface area contributed by atoms with Crippen molar-refractivity contribution >= 4 is 11.9 Å². The summed E-state index contributed by atoms with van der Waals surface area (Å²) in [7, 11) is 1.64. The lowest BCUT2D eigenvalue weighted by molar-refractivity contribution is -0.134. The summed E-state index contributed by atoms with van der Waals surface area (Å²) < 4.78 is 22.2. The number of rotatable bonds is 15. The Bertz CT molecular complexity index is 942. The van der Waals surface area contributed by atoms with Gasteiger partial charge in [-0.2, -0.15) is 0 Å². The van der Waals surface area contributed by atoms with Gasteiger partial charge in [0.2, 0.25) is 0 Å². The number of carboxylic acids is 2. The van der Waals surface area contributed by atoms with Crippen molar-refractivity contribution < 1.29 is 38.7 Å². The summed E-state index contributed by atoms with van der Waals surface area (Å²) in [6.07, 6.45) is 6.15. The van der Waals surface area contributed by atoms with Gasteiger partial charge in [-0.1, -0.05) is 42.5 Å². The van der Waals surface area contributed by atoms with E-state index < -0.39 is 11.9 Å². The Morgan fingerprint density at radius 2 is 1.34 bits per heavy atom. The molecule has 1 aliphatic carbocycles. The number of aliphatic carboxylic acids is 2. The second kappa shape index (κ2) is 18.8. The molecular weight excluding hydrogens is 490 g/mol. The van der Waals surface area contributed by atoms with Crippen LogP contribution in [0.15, 0.2) is 66.7 Å². The van der Waals surface area contributed by atoms with Crippen molar-refractivity contribution in [3.63, 3.8) is 0 Å². The van der Waals surface area contributed by atoms with E-state index in [-0.39, 0.29) is 0 Å². The first-order valence-corrected chi connectivity index (χ1v) is 12.8. The molecule has 1 saturated carbocycles. The Balaban J connectivity index is 0.000000550. The van der Waals surface area contributed by atoms with E-state index >= 15 is 0 Å². The minimum absolute atomic E-state index is 0.494. The Kier molecular flexibility index (Phi) is 15.2. The summed E-state index contributed by atoms with van der Waals surface area (Å²) in [6.45, 7) is 3.84. The van der Waals surface area contributed by atoms with Crippen LogP contribution in [0.5, 0.6) is 11.5 Å². The molecule has 9 nitrogen and oxygen atoms in total. The molecule has 0 bridgehead atoms. The van der Waals surface area contributed by atoms with Crippen LogP contribution in [0, 0.1) is 0 Å². The molecule has 0 heterocycles. The van der Waals surface area contributed by atoms with Crippen LogP contribution in [0.25, 0.3) is 0 Å². The maximum Gasteiger partial charge on any atom is 0.328 e. The molecule has 1 fully saturated rings. The number of nitrogens with one attached hydrogen (secondary N) is 1. The molecule has 0 amide bonds. The third-order valence-corrected chi connectivity index (χ3v) is 5.97. The number of ether oxygens (including phenoxy) is 4. The third kappa shape index (κ3) is 13.2. The zero-order chi connectivity index (χ0) is 27.4. The first-order valence-electron chi connectivity index (χ1n) is 12.8. The normalized spacial score (nSPS) is 16.9. The molecule has 9 heteroatoms. The Morgan fingerprint density at radius 3 is 1.95 bits per heavy atom. The van der Waals surface area contributed by atoms with Gasteiger partial charge >= 0.3 is 11.9 Å². The van der Waals surface area contributed by atoms with Gasteiger partial charge in [-0.25, -0.2) is 9.59 Å². The fourth-order valence-corrected chi connectivity index (χ4v) is 4.10. The summed E-state index contributed by atoms with van der Waals surface area (Å²) in [4.78, 5) is 19.1. The number of hydrogen-bond donors (Lipinski definition) is 3. The molecule has 0 saturated heterocycles. The third-order valence-electron chi connectivity index (χ3n) is 5.97. The predicted octanol–water partition coefficient (Wildman–Crippen LogP) is 4.14. The van der Waals surface area contributed by atoms with Crippen molar-refractivity contribution in [1.29, 1.82) is 0 Å². The number of hydrogen-bond acceptors (Lipinski definition) is 7. The van der Waals surface area contributed by atoms with Crippen LogP contribution in [-0.2, 0) is 19.1 Å². The van der Waals surface area contributed by atoms with Crippen molar-refractivity contribution in [2.45, 2.75) is 37.6 Å². The summed E-state index contributed by atoms with van der Waals surface area (Å²) in [6, 6.07) is 19.2. The zero-order valence-corrected chi connectivity index (χ0v) is 21.9. The second-order valence-electron chi connectivity index (χ2n) is 8.65. The highest BCUT2D eigenvalue weighted by atomic mass is 16.6. The lowest BCUT2D eigenvalue weighted by Crippen LogP contribution is -2.35. The van der Waals surface area contributed by atoms with Gasteiger partial charge in [-0.15, -0.1) is 0 Å². The summed E-state index contributed by atoms with van der Waals surface area (Å²) in [5.74, 6) is -0.310. The number of carboxylic acid groups (broad SMARTS) is 2. The molecule has 1 aliphatic rings. The summed E-state index contributed by atoms with van der Waals surface area (Å²) in [5, 5.41) is 19.3. The molecule has 38 heavy (non-hydrogen) atoms.